The van der Waals surface area contributed by atoms with Gasteiger partial charge in [-0.15, -0.1) is 0 Å². The van der Waals surface area contributed by atoms with Crippen LogP contribution in [0.4, 0.5) is 5.69 Å². The first kappa shape index (κ1) is 19.6. The van der Waals surface area contributed by atoms with Gasteiger partial charge in [0.1, 0.15) is 11.8 Å². The van der Waals surface area contributed by atoms with Crippen molar-refractivity contribution in [1.82, 2.24) is 4.90 Å². The van der Waals surface area contributed by atoms with E-state index in [2.05, 4.69) is 0 Å². The average Bonchev–Trinajstić information content (AvgIpc) is 3.26. The van der Waals surface area contributed by atoms with Crippen LogP contribution >= 0.6 is 11.6 Å². The Labute approximate surface area is 165 Å². The third-order valence-electron chi connectivity index (χ3n) is 4.35. The lowest BCUT2D eigenvalue weighted by Gasteiger charge is -2.27. The van der Waals surface area contributed by atoms with Crippen molar-refractivity contribution < 1.29 is 28.7 Å². The van der Waals surface area contributed by atoms with E-state index in [-0.39, 0.29) is 19.4 Å². The van der Waals surface area contributed by atoms with Gasteiger partial charge in [0, 0.05) is 17.4 Å². The van der Waals surface area contributed by atoms with Gasteiger partial charge in [0.05, 0.1) is 24.9 Å². The van der Waals surface area contributed by atoms with Crippen LogP contribution in [-0.4, -0.2) is 34.6 Å². The van der Waals surface area contributed by atoms with E-state index < -0.39 is 36.2 Å². The van der Waals surface area contributed by atoms with Crippen molar-refractivity contribution in [3.63, 3.8) is 0 Å². The first-order chi connectivity index (χ1) is 13.4. The average molecular weight is 404 g/mol. The van der Waals surface area contributed by atoms with Crippen LogP contribution in [-0.2, 0) is 25.7 Å². The molecule has 1 atom stereocenters. The summed E-state index contributed by atoms with van der Waals surface area (Å²) in [5.74, 6) is -2.57. The second-order valence-corrected chi connectivity index (χ2v) is 6.67. The zero-order valence-electron chi connectivity index (χ0n) is 14.7. The number of carboxylic acid groups (broad SMARTS) is 1. The highest BCUT2D eigenvalue weighted by Crippen LogP contribution is 2.28. The lowest BCUT2D eigenvalue weighted by atomic mass is 10.1. The summed E-state index contributed by atoms with van der Waals surface area (Å²) < 4.78 is 5.24. The summed E-state index contributed by atoms with van der Waals surface area (Å²) >= 11 is 5.85. The second kappa shape index (κ2) is 8.26. The summed E-state index contributed by atoms with van der Waals surface area (Å²) in [6, 6.07) is 8.37. The van der Waals surface area contributed by atoms with Gasteiger partial charge in [-0.3, -0.25) is 14.4 Å². The summed E-state index contributed by atoms with van der Waals surface area (Å²) in [7, 11) is 0. The molecule has 1 fully saturated rings. The molecule has 1 aliphatic rings. The number of carbonyl (C=O) groups is 4. The Hall–Kier alpha value is -3.13. The van der Waals surface area contributed by atoms with E-state index in [1.165, 1.54) is 23.3 Å². The highest BCUT2D eigenvalue weighted by Gasteiger charge is 2.44. The number of halogens is 1. The smallest absolute Gasteiger partial charge is 0.257 e. The van der Waals surface area contributed by atoms with Crippen molar-refractivity contribution in [1.29, 1.82) is 0 Å². The van der Waals surface area contributed by atoms with Gasteiger partial charge < -0.3 is 19.2 Å². The van der Waals surface area contributed by atoms with E-state index in [0.717, 1.165) is 4.90 Å². The van der Waals surface area contributed by atoms with Gasteiger partial charge in [0.15, 0.2) is 0 Å². The van der Waals surface area contributed by atoms with E-state index in [9.17, 15) is 24.3 Å². The standard InChI is InChI=1S/C19H17ClN2O6/c20-12-3-5-13(6-4-12)22-17(24)10-15(19(22)27)21(11-14-2-1-9-28-14)16(23)7-8-18(25)26/h1-6,9,15H,7-8,10-11H2,(H,25,26)/p-1/t15-/m0/s1. The Morgan fingerprint density at radius 1 is 1.18 bits per heavy atom. The molecule has 146 valence electrons. The third-order valence-corrected chi connectivity index (χ3v) is 4.61. The Morgan fingerprint density at radius 3 is 2.50 bits per heavy atom. The molecular formula is C19H16ClN2O6-. The number of nitrogens with zero attached hydrogens (tertiary/aromatic N) is 2. The molecule has 0 spiro atoms. The topological polar surface area (TPSA) is 111 Å². The van der Waals surface area contributed by atoms with Crippen molar-refractivity contribution in [2.75, 3.05) is 4.90 Å². The number of furan rings is 1. The fourth-order valence-electron chi connectivity index (χ4n) is 3.02. The molecule has 28 heavy (non-hydrogen) atoms. The quantitative estimate of drug-likeness (QED) is 0.640. The van der Waals surface area contributed by atoms with Gasteiger partial charge in [-0.05, 0) is 42.8 Å². The van der Waals surface area contributed by atoms with Crippen LogP contribution in [0.5, 0.6) is 0 Å². The van der Waals surface area contributed by atoms with Crippen LogP contribution in [0.1, 0.15) is 25.0 Å². The molecule has 2 heterocycles. The molecule has 0 radical (unpaired) electrons. The lowest BCUT2D eigenvalue weighted by Crippen LogP contribution is -2.45. The van der Waals surface area contributed by atoms with Crippen molar-refractivity contribution in [3.8, 4) is 0 Å². The number of hydrogen-bond donors (Lipinski definition) is 0. The zero-order valence-corrected chi connectivity index (χ0v) is 15.4. The van der Waals surface area contributed by atoms with Crippen LogP contribution in [0.2, 0.25) is 5.02 Å². The Morgan fingerprint density at radius 2 is 1.89 bits per heavy atom. The summed E-state index contributed by atoms with van der Waals surface area (Å²) in [5, 5.41) is 11.2. The summed E-state index contributed by atoms with van der Waals surface area (Å²) in [5.41, 5.74) is 0.349. The number of benzene rings is 1. The van der Waals surface area contributed by atoms with Gasteiger partial charge in [0.2, 0.25) is 11.8 Å². The number of amides is 3. The van der Waals surface area contributed by atoms with E-state index in [1.54, 1.807) is 24.3 Å². The molecule has 1 aromatic heterocycles. The van der Waals surface area contributed by atoms with Crippen molar-refractivity contribution in [2.24, 2.45) is 0 Å². The second-order valence-electron chi connectivity index (χ2n) is 6.24. The molecule has 1 aliphatic heterocycles. The lowest BCUT2D eigenvalue weighted by molar-refractivity contribution is -0.305. The van der Waals surface area contributed by atoms with Gasteiger partial charge in [0.25, 0.3) is 5.91 Å². The molecule has 0 aliphatic carbocycles. The number of carbonyl (C=O) groups excluding carboxylic acids is 4. The Bertz CT molecular complexity index is 894. The third kappa shape index (κ3) is 4.23. The molecule has 3 rings (SSSR count). The minimum absolute atomic E-state index is 0.0585. The number of imide groups is 1. The number of hydrogen-bond acceptors (Lipinski definition) is 6. The molecule has 9 heteroatoms. The predicted molar refractivity (Wildman–Crippen MR) is 95.8 cm³/mol. The summed E-state index contributed by atoms with van der Waals surface area (Å²) in [4.78, 5) is 50.9. The number of carboxylic acids is 1. The van der Waals surface area contributed by atoms with Gasteiger partial charge in [-0.2, -0.15) is 0 Å². The number of anilines is 1. The fraction of sp³-hybridized carbons (Fsp3) is 0.263. The van der Waals surface area contributed by atoms with Gasteiger partial charge in [-0.25, -0.2) is 4.90 Å². The maximum atomic E-state index is 12.9. The molecule has 1 saturated heterocycles. The van der Waals surface area contributed by atoms with Gasteiger partial charge in [-0.1, -0.05) is 11.6 Å². The van der Waals surface area contributed by atoms with Gasteiger partial charge >= 0.3 is 0 Å². The Kier molecular flexibility index (Phi) is 5.79. The van der Waals surface area contributed by atoms with E-state index >= 15 is 0 Å². The molecule has 0 bridgehead atoms. The summed E-state index contributed by atoms with van der Waals surface area (Å²) in [6.45, 7) is -0.0585. The van der Waals surface area contributed by atoms with Crippen LogP contribution < -0.4 is 10.0 Å². The monoisotopic (exact) mass is 403 g/mol. The highest BCUT2D eigenvalue weighted by molar-refractivity contribution is 6.30. The zero-order chi connectivity index (χ0) is 20.3. The van der Waals surface area contributed by atoms with Crippen LogP contribution in [0.15, 0.2) is 47.1 Å². The predicted octanol–water partition coefficient (Wildman–Crippen LogP) is 1.12. The first-order valence-electron chi connectivity index (χ1n) is 8.51. The van der Waals surface area contributed by atoms with E-state index in [0.29, 0.717) is 16.5 Å². The number of aliphatic carboxylic acids is 1. The molecule has 3 amide bonds. The molecule has 0 unspecified atom stereocenters. The first-order valence-corrected chi connectivity index (χ1v) is 8.88. The molecule has 8 nitrogen and oxygen atoms in total. The van der Waals surface area contributed by atoms with Crippen LogP contribution in [0.25, 0.3) is 0 Å². The highest BCUT2D eigenvalue weighted by atomic mass is 35.5. The fourth-order valence-corrected chi connectivity index (χ4v) is 3.14. The minimum atomic E-state index is -1.37. The molecule has 0 N–H and O–H groups in total. The summed E-state index contributed by atoms with van der Waals surface area (Å²) in [6.07, 6.45) is 0.380. The van der Waals surface area contributed by atoms with Crippen molar-refractivity contribution in [2.45, 2.75) is 31.8 Å². The van der Waals surface area contributed by atoms with E-state index in [1.807, 2.05) is 0 Å². The molecule has 1 aromatic carbocycles. The normalized spacial score (nSPS) is 16.5. The Balaban J connectivity index is 1.85. The van der Waals surface area contributed by atoms with Crippen LogP contribution in [0, 0.1) is 0 Å². The maximum Gasteiger partial charge on any atom is 0.257 e. The van der Waals surface area contributed by atoms with Crippen LogP contribution in [0.3, 0.4) is 0 Å². The molecular weight excluding hydrogens is 388 g/mol. The van der Waals surface area contributed by atoms with Crippen molar-refractivity contribution in [3.05, 3.63) is 53.4 Å². The minimum Gasteiger partial charge on any atom is -0.550 e. The SMILES string of the molecule is O=C([O-])CCC(=O)N(Cc1ccco1)[C@H]1CC(=O)N(c2ccc(Cl)cc2)C1=O. The molecule has 0 saturated carbocycles. The maximum absolute atomic E-state index is 12.9. The van der Waals surface area contributed by atoms with E-state index in [4.69, 9.17) is 16.0 Å². The number of rotatable bonds is 7. The molecule has 2 aromatic rings. The van der Waals surface area contributed by atoms with Crippen molar-refractivity contribution >= 4 is 41.0 Å². The largest absolute Gasteiger partial charge is 0.550 e.